The molecule has 22 heavy (non-hydrogen) atoms. The highest BCUT2D eigenvalue weighted by atomic mass is 19.1. The zero-order chi connectivity index (χ0) is 15.5. The van der Waals surface area contributed by atoms with E-state index in [1.54, 1.807) is 12.1 Å². The summed E-state index contributed by atoms with van der Waals surface area (Å²) < 4.78 is 18.7. The molecule has 1 heterocycles. The lowest BCUT2D eigenvalue weighted by Crippen LogP contribution is -2.02. The van der Waals surface area contributed by atoms with Crippen molar-refractivity contribution in [2.75, 3.05) is 6.61 Å². The molecule has 3 rings (SSSR count). The van der Waals surface area contributed by atoms with Gasteiger partial charge in [0.05, 0.1) is 18.8 Å². The van der Waals surface area contributed by atoms with Crippen LogP contribution in [-0.4, -0.2) is 11.7 Å². The van der Waals surface area contributed by atoms with Crippen molar-refractivity contribution in [2.24, 2.45) is 0 Å². The molecule has 1 aliphatic rings. The first-order valence-electron chi connectivity index (χ1n) is 7.27. The minimum atomic E-state index is -0.299. The molecular weight excluding hydrogens is 281 g/mol. The maximum Gasteiger partial charge on any atom is 0.123 e. The van der Waals surface area contributed by atoms with Gasteiger partial charge in [-0.05, 0) is 53.3 Å². The monoisotopic (exact) mass is 297 g/mol. The fourth-order valence-corrected chi connectivity index (χ4v) is 2.93. The molecule has 3 nitrogen and oxygen atoms in total. The van der Waals surface area contributed by atoms with E-state index in [2.05, 4.69) is 6.07 Å². The van der Waals surface area contributed by atoms with E-state index in [1.165, 1.54) is 12.1 Å². The molecule has 0 aliphatic carbocycles. The standard InChI is InChI=1S/C18H16FNO2/c19-14-5-3-12(4-6-14)16-8-13-10-22-11-18(13)15(2-1-7-21)17(16)9-20/h3-6,8,21H,1-2,7,10-11H2. The van der Waals surface area contributed by atoms with Gasteiger partial charge in [0.25, 0.3) is 0 Å². The van der Waals surface area contributed by atoms with E-state index in [1.807, 2.05) is 6.07 Å². The quantitative estimate of drug-likeness (QED) is 0.942. The van der Waals surface area contributed by atoms with Gasteiger partial charge in [0.1, 0.15) is 11.9 Å². The van der Waals surface area contributed by atoms with E-state index in [-0.39, 0.29) is 12.4 Å². The van der Waals surface area contributed by atoms with Gasteiger partial charge in [-0.3, -0.25) is 0 Å². The maximum absolute atomic E-state index is 13.1. The van der Waals surface area contributed by atoms with E-state index >= 15 is 0 Å². The van der Waals surface area contributed by atoms with E-state index in [0.29, 0.717) is 31.6 Å². The molecular formula is C18H16FNO2. The summed E-state index contributed by atoms with van der Waals surface area (Å²) in [6, 6.07) is 10.4. The Hall–Kier alpha value is -2.22. The molecule has 2 aromatic carbocycles. The van der Waals surface area contributed by atoms with Crippen LogP contribution in [0.5, 0.6) is 0 Å². The highest BCUT2D eigenvalue weighted by Crippen LogP contribution is 2.35. The smallest absolute Gasteiger partial charge is 0.123 e. The third-order valence-electron chi connectivity index (χ3n) is 4.00. The van der Waals surface area contributed by atoms with Gasteiger partial charge < -0.3 is 9.84 Å². The van der Waals surface area contributed by atoms with Crippen molar-refractivity contribution in [2.45, 2.75) is 26.1 Å². The van der Waals surface area contributed by atoms with Crippen LogP contribution in [0.3, 0.4) is 0 Å². The van der Waals surface area contributed by atoms with Gasteiger partial charge in [-0.15, -0.1) is 0 Å². The number of benzene rings is 2. The SMILES string of the molecule is N#Cc1c(-c2ccc(F)cc2)cc2c(c1CCCO)COC2. The molecule has 0 bridgehead atoms. The average Bonchev–Trinajstić information content (AvgIpc) is 3.00. The molecule has 0 aromatic heterocycles. The Balaban J connectivity index is 2.18. The summed E-state index contributed by atoms with van der Waals surface area (Å²) in [5.41, 5.74) is 5.31. The Morgan fingerprint density at radius 1 is 1.23 bits per heavy atom. The first-order chi connectivity index (χ1) is 10.7. The predicted molar refractivity (Wildman–Crippen MR) is 80.5 cm³/mol. The number of nitriles is 1. The Labute approximate surface area is 128 Å². The summed E-state index contributed by atoms with van der Waals surface area (Å²) in [6.45, 7) is 1.12. The van der Waals surface area contributed by atoms with Crippen molar-refractivity contribution in [3.63, 3.8) is 0 Å². The van der Waals surface area contributed by atoms with Crippen LogP contribution in [0, 0.1) is 17.1 Å². The van der Waals surface area contributed by atoms with Gasteiger partial charge in [0.15, 0.2) is 0 Å². The summed E-state index contributed by atoms with van der Waals surface area (Å²) in [6.07, 6.45) is 1.24. The fraction of sp³-hybridized carbons (Fsp3) is 0.278. The summed E-state index contributed by atoms with van der Waals surface area (Å²) in [5.74, 6) is -0.299. The molecule has 1 N–H and O–H groups in total. The van der Waals surface area contributed by atoms with Gasteiger partial charge in [-0.25, -0.2) is 4.39 Å². The molecule has 0 fully saturated rings. The summed E-state index contributed by atoms with van der Waals surface area (Å²) in [7, 11) is 0. The van der Waals surface area contributed by atoms with Crippen LogP contribution >= 0.6 is 0 Å². The average molecular weight is 297 g/mol. The van der Waals surface area contributed by atoms with Crippen LogP contribution in [0.15, 0.2) is 30.3 Å². The molecule has 0 spiro atoms. The van der Waals surface area contributed by atoms with Crippen molar-refractivity contribution < 1.29 is 14.2 Å². The number of fused-ring (bicyclic) bond motifs is 1. The molecule has 0 saturated heterocycles. The lowest BCUT2D eigenvalue weighted by Gasteiger charge is -2.14. The number of nitrogens with zero attached hydrogens (tertiary/aromatic N) is 1. The molecule has 112 valence electrons. The highest BCUT2D eigenvalue weighted by Gasteiger charge is 2.22. The van der Waals surface area contributed by atoms with Crippen LogP contribution in [0.2, 0.25) is 0 Å². The molecule has 4 heteroatoms. The number of aliphatic hydroxyl groups is 1. The molecule has 1 aliphatic heterocycles. The van der Waals surface area contributed by atoms with Gasteiger partial charge >= 0.3 is 0 Å². The highest BCUT2D eigenvalue weighted by molar-refractivity contribution is 5.74. The lowest BCUT2D eigenvalue weighted by atomic mass is 9.88. The van der Waals surface area contributed by atoms with Crippen LogP contribution in [-0.2, 0) is 24.4 Å². The zero-order valence-electron chi connectivity index (χ0n) is 12.1. The second-order valence-corrected chi connectivity index (χ2v) is 5.35. The van der Waals surface area contributed by atoms with E-state index in [4.69, 9.17) is 9.84 Å². The number of halogens is 1. The second kappa shape index (κ2) is 6.27. The van der Waals surface area contributed by atoms with E-state index < -0.39 is 0 Å². The van der Waals surface area contributed by atoms with Crippen molar-refractivity contribution in [1.82, 2.24) is 0 Å². The van der Waals surface area contributed by atoms with Crippen LogP contribution in [0.25, 0.3) is 11.1 Å². The maximum atomic E-state index is 13.1. The zero-order valence-corrected chi connectivity index (χ0v) is 12.1. The number of rotatable bonds is 4. The van der Waals surface area contributed by atoms with Crippen molar-refractivity contribution in [1.29, 1.82) is 5.26 Å². The minimum Gasteiger partial charge on any atom is -0.396 e. The van der Waals surface area contributed by atoms with Crippen LogP contribution < -0.4 is 0 Å². The Bertz CT molecular complexity index is 732. The van der Waals surface area contributed by atoms with Crippen molar-refractivity contribution in [3.8, 4) is 17.2 Å². The van der Waals surface area contributed by atoms with Gasteiger partial charge in [0, 0.05) is 12.2 Å². The van der Waals surface area contributed by atoms with Crippen LogP contribution in [0.4, 0.5) is 4.39 Å². The largest absolute Gasteiger partial charge is 0.396 e. The lowest BCUT2D eigenvalue weighted by molar-refractivity contribution is 0.134. The Kier molecular flexibility index (Phi) is 4.19. The third-order valence-corrected chi connectivity index (χ3v) is 4.00. The first kappa shape index (κ1) is 14.7. The topological polar surface area (TPSA) is 53.2 Å². The molecule has 2 aromatic rings. The molecule has 0 unspecified atom stereocenters. The fourth-order valence-electron chi connectivity index (χ4n) is 2.93. The van der Waals surface area contributed by atoms with E-state index in [9.17, 15) is 9.65 Å². The van der Waals surface area contributed by atoms with Gasteiger partial charge in [-0.2, -0.15) is 5.26 Å². The summed E-state index contributed by atoms with van der Waals surface area (Å²) in [4.78, 5) is 0. The number of hydrogen-bond donors (Lipinski definition) is 1. The van der Waals surface area contributed by atoms with Crippen LogP contribution in [0.1, 0.15) is 28.7 Å². The molecule has 0 radical (unpaired) electrons. The normalized spacial score (nSPS) is 13.0. The minimum absolute atomic E-state index is 0.0846. The Morgan fingerprint density at radius 2 is 2.00 bits per heavy atom. The summed E-state index contributed by atoms with van der Waals surface area (Å²) >= 11 is 0. The molecule has 0 amide bonds. The number of ether oxygens (including phenoxy) is 1. The van der Waals surface area contributed by atoms with E-state index in [0.717, 1.165) is 27.8 Å². The number of hydrogen-bond acceptors (Lipinski definition) is 3. The number of aliphatic hydroxyl groups excluding tert-OH is 1. The second-order valence-electron chi connectivity index (χ2n) is 5.35. The summed E-state index contributed by atoms with van der Waals surface area (Å²) in [5, 5.41) is 18.7. The first-order valence-corrected chi connectivity index (χ1v) is 7.27. The van der Waals surface area contributed by atoms with Gasteiger partial charge in [-0.1, -0.05) is 12.1 Å². The molecule has 0 atom stereocenters. The predicted octanol–water partition coefficient (Wildman–Crippen LogP) is 3.32. The third kappa shape index (κ3) is 2.61. The molecule has 0 saturated carbocycles. The van der Waals surface area contributed by atoms with Crippen molar-refractivity contribution in [3.05, 3.63) is 58.4 Å². The van der Waals surface area contributed by atoms with Gasteiger partial charge in [0.2, 0.25) is 0 Å². The Morgan fingerprint density at radius 3 is 2.68 bits per heavy atom. The van der Waals surface area contributed by atoms with Crippen molar-refractivity contribution >= 4 is 0 Å².